The quantitative estimate of drug-likeness (QED) is 0.908. The summed E-state index contributed by atoms with van der Waals surface area (Å²) in [6, 6.07) is 7.54. The van der Waals surface area contributed by atoms with Crippen LogP contribution in [0, 0.1) is 0 Å². The van der Waals surface area contributed by atoms with Crippen LogP contribution in [0.2, 0.25) is 0 Å². The Hall–Kier alpha value is -2.37. The van der Waals surface area contributed by atoms with E-state index in [1.54, 1.807) is 4.68 Å². The van der Waals surface area contributed by atoms with Gasteiger partial charge in [0.15, 0.2) is 0 Å². The van der Waals surface area contributed by atoms with Gasteiger partial charge in [0.2, 0.25) is 11.9 Å². The third-order valence-corrected chi connectivity index (χ3v) is 3.08. The van der Waals surface area contributed by atoms with E-state index in [0.29, 0.717) is 19.0 Å². The van der Waals surface area contributed by atoms with E-state index >= 15 is 0 Å². The van der Waals surface area contributed by atoms with E-state index in [2.05, 4.69) is 15.4 Å². The van der Waals surface area contributed by atoms with Crippen LogP contribution < -0.4 is 10.1 Å². The number of fused-ring (bicyclic) bond motifs is 1. The average molecular weight is 258 g/mol. The molecule has 2 aromatic rings. The first-order valence-corrected chi connectivity index (χ1v) is 6.20. The van der Waals surface area contributed by atoms with Crippen molar-refractivity contribution in [3.8, 4) is 5.75 Å². The maximum Gasteiger partial charge on any atom is 0.229 e. The fourth-order valence-corrected chi connectivity index (χ4v) is 2.29. The number of aromatic nitrogens is 3. The maximum absolute atomic E-state index is 11.7. The van der Waals surface area contributed by atoms with Gasteiger partial charge in [-0.3, -0.25) is 10.1 Å². The maximum atomic E-state index is 11.7. The van der Waals surface area contributed by atoms with Crippen molar-refractivity contribution >= 4 is 11.9 Å². The van der Waals surface area contributed by atoms with Crippen molar-refractivity contribution in [2.45, 2.75) is 19.4 Å². The molecule has 98 valence electrons. The fourth-order valence-electron chi connectivity index (χ4n) is 2.29. The predicted molar refractivity (Wildman–Crippen MR) is 69.0 cm³/mol. The number of hydrogen-bond donors (Lipinski definition) is 1. The van der Waals surface area contributed by atoms with Crippen LogP contribution in [0.15, 0.2) is 30.6 Å². The standard InChI is InChI=1S/C13H14N4O2/c1-2-19-11-6-4-3-5-9(11)10-7-12(18)16-13-14-8-15-17(10)13/h3-6,8,10H,2,7H2,1H3,(H,14,15,16,18)/t10-/m0/s1. The SMILES string of the molecule is CCOc1ccccc1[C@@H]1CC(=O)Nc2ncnn21. The van der Waals surface area contributed by atoms with Gasteiger partial charge >= 0.3 is 0 Å². The number of anilines is 1. The van der Waals surface area contributed by atoms with Gasteiger partial charge in [0.25, 0.3) is 0 Å². The summed E-state index contributed by atoms with van der Waals surface area (Å²) in [7, 11) is 0. The lowest BCUT2D eigenvalue weighted by Gasteiger charge is -2.25. The molecule has 1 aliphatic rings. The van der Waals surface area contributed by atoms with Gasteiger partial charge in [0.05, 0.1) is 19.1 Å². The minimum absolute atomic E-state index is 0.0585. The molecule has 0 spiro atoms. The zero-order chi connectivity index (χ0) is 13.2. The number of nitrogens with zero attached hydrogens (tertiary/aromatic N) is 3. The highest BCUT2D eigenvalue weighted by molar-refractivity contribution is 5.91. The number of ether oxygens (including phenoxy) is 1. The Morgan fingerprint density at radius 2 is 2.32 bits per heavy atom. The monoisotopic (exact) mass is 258 g/mol. The Labute approximate surface area is 110 Å². The van der Waals surface area contributed by atoms with Gasteiger partial charge in [-0.1, -0.05) is 18.2 Å². The molecule has 0 bridgehead atoms. The summed E-state index contributed by atoms with van der Waals surface area (Å²) < 4.78 is 7.35. The van der Waals surface area contributed by atoms with Crippen molar-refractivity contribution in [2.24, 2.45) is 0 Å². The van der Waals surface area contributed by atoms with E-state index in [1.165, 1.54) is 6.33 Å². The summed E-state index contributed by atoms with van der Waals surface area (Å²) in [5.74, 6) is 1.20. The van der Waals surface area contributed by atoms with E-state index < -0.39 is 0 Å². The summed E-state index contributed by atoms with van der Waals surface area (Å²) in [5.41, 5.74) is 0.950. The molecule has 0 unspecified atom stereocenters. The molecule has 19 heavy (non-hydrogen) atoms. The highest BCUT2D eigenvalue weighted by Crippen LogP contribution is 2.33. The zero-order valence-electron chi connectivity index (χ0n) is 10.5. The predicted octanol–water partition coefficient (Wildman–Crippen LogP) is 1.61. The Morgan fingerprint density at radius 1 is 1.47 bits per heavy atom. The Morgan fingerprint density at radius 3 is 3.16 bits per heavy atom. The van der Waals surface area contributed by atoms with Crippen molar-refractivity contribution in [3.63, 3.8) is 0 Å². The minimum atomic E-state index is -0.172. The summed E-state index contributed by atoms with van der Waals surface area (Å²) in [4.78, 5) is 15.8. The van der Waals surface area contributed by atoms with E-state index in [1.807, 2.05) is 31.2 Å². The highest BCUT2D eigenvalue weighted by Gasteiger charge is 2.29. The van der Waals surface area contributed by atoms with Crippen molar-refractivity contribution in [1.82, 2.24) is 14.8 Å². The van der Waals surface area contributed by atoms with Crippen LogP contribution >= 0.6 is 0 Å². The van der Waals surface area contributed by atoms with Crippen molar-refractivity contribution in [1.29, 1.82) is 0 Å². The number of carbonyl (C=O) groups is 1. The molecule has 0 fully saturated rings. The molecular weight excluding hydrogens is 244 g/mol. The summed E-state index contributed by atoms with van der Waals surface area (Å²) >= 11 is 0. The number of hydrogen-bond acceptors (Lipinski definition) is 4. The summed E-state index contributed by atoms with van der Waals surface area (Å²) in [5, 5.41) is 6.89. The molecule has 1 atom stereocenters. The first-order valence-electron chi connectivity index (χ1n) is 6.20. The van der Waals surface area contributed by atoms with Crippen LogP contribution in [0.3, 0.4) is 0 Å². The second kappa shape index (κ2) is 4.72. The third-order valence-electron chi connectivity index (χ3n) is 3.08. The van der Waals surface area contributed by atoms with Crippen LogP contribution in [0.5, 0.6) is 5.75 Å². The number of rotatable bonds is 3. The van der Waals surface area contributed by atoms with Gasteiger partial charge in [-0.25, -0.2) is 4.68 Å². The third kappa shape index (κ3) is 2.05. The molecule has 0 saturated carbocycles. The van der Waals surface area contributed by atoms with Gasteiger partial charge < -0.3 is 4.74 Å². The van der Waals surface area contributed by atoms with Gasteiger partial charge in [-0.15, -0.1) is 0 Å². The lowest BCUT2D eigenvalue weighted by molar-refractivity contribution is -0.117. The molecule has 6 heteroatoms. The van der Waals surface area contributed by atoms with E-state index in [9.17, 15) is 4.79 Å². The van der Waals surface area contributed by atoms with Gasteiger partial charge in [0.1, 0.15) is 12.1 Å². The topological polar surface area (TPSA) is 69.0 Å². The Balaban J connectivity index is 2.06. The molecule has 2 heterocycles. The molecule has 1 amide bonds. The molecule has 1 N–H and O–H groups in total. The van der Waals surface area contributed by atoms with E-state index in [-0.39, 0.29) is 11.9 Å². The summed E-state index contributed by atoms with van der Waals surface area (Å²) in [6.45, 7) is 2.52. The zero-order valence-corrected chi connectivity index (χ0v) is 10.5. The fraction of sp³-hybridized carbons (Fsp3) is 0.308. The average Bonchev–Trinajstić information content (AvgIpc) is 2.87. The smallest absolute Gasteiger partial charge is 0.229 e. The van der Waals surface area contributed by atoms with Gasteiger partial charge in [-0.2, -0.15) is 10.1 Å². The second-order valence-electron chi connectivity index (χ2n) is 4.27. The van der Waals surface area contributed by atoms with Crippen molar-refractivity contribution < 1.29 is 9.53 Å². The molecule has 1 aromatic carbocycles. The van der Waals surface area contributed by atoms with Crippen LogP contribution in [0.1, 0.15) is 24.9 Å². The molecule has 3 rings (SSSR count). The molecular formula is C13H14N4O2. The molecule has 0 aliphatic carbocycles. The number of para-hydroxylation sites is 1. The highest BCUT2D eigenvalue weighted by atomic mass is 16.5. The number of benzene rings is 1. The van der Waals surface area contributed by atoms with Crippen LogP contribution in [-0.2, 0) is 4.79 Å². The molecule has 6 nitrogen and oxygen atoms in total. The molecule has 1 aliphatic heterocycles. The van der Waals surface area contributed by atoms with E-state index in [0.717, 1.165) is 11.3 Å². The lowest BCUT2D eigenvalue weighted by atomic mass is 10.0. The lowest BCUT2D eigenvalue weighted by Crippen LogP contribution is -2.29. The molecule has 1 aromatic heterocycles. The Bertz CT molecular complexity index is 608. The number of nitrogens with one attached hydrogen (secondary N) is 1. The molecule has 0 radical (unpaired) electrons. The summed E-state index contributed by atoms with van der Waals surface area (Å²) in [6.07, 6.45) is 1.78. The van der Waals surface area contributed by atoms with Crippen molar-refractivity contribution in [3.05, 3.63) is 36.2 Å². The van der Waals surface area contributed by atoms with Crippen LogP contribution in [0.25, 0.3) is 0 Å². The van der Waals surface area contributed by atoms with Crippen molar-refractivity contribution in [2.75, 3.05) is 11.9 Å². The van der Waals surface area contributed by atoms with Crippen LogP contribution in [-0.4, -0.2) is 27.3 Å². The van der Waals surface area contributed by atoms with Gasteiger partial charge in [-0.05, 0) is 13.0 Å². The number of carbonyl (C=O) groups excluding carboxylic acids is 1. The Kier molecular flexibility index (Phi) is 2.91. The van der Waals surface area contributed by atoms with Crippen LogP contribution in [0.4, 0.5) is 5.95 Å². The first kappa shape index (κ1) is 11.7. The first-order chi connectivity index (χ1) is 9.29. The second-order valence-corrected chi connectivity index (χ2v) is 4.27. The van der Waals surface area contributed by atoms with E-state index in [4.69, 9.17) is 4.74 Å². The normalized spacial score (nSPS) is 17.7. The number of amides is 1. The largest absolute Gasteiger partial charge is 0.494 e. The minimum Gasteiger partial charge on any atom is -0.494 e. The molecule has 0 saturated heterocycles. The van der Waals surface area contributed by atoms with Gasteiger partial charge in [0, 0.05) is 5.56 Å².